The van der Waals surface area contributed by atoms with Gasteiger partial charge in [-0.3, -0.25) is 0 Å². The third-order valence-corrected chi connectivity index (χ3v) is 6.33. The number of piperidine rings is 1. The van der Waals surface area contributed by atoms with Crippen LogP contribution in [0.25, 0.3) is 10.8 Å². The second-order valence-corrected chi connectivity index (χ2v) is 8.59. The summed E-state index contributed by atoms with van der Waals surface area (Å²) < 4.78 is 25.9. The van der Waals surface area contributed by atoms with Crippen LogP contribution in [0.2, 0.25) is 0 Å². The highest BCUT2D eigenvalue weighted by Gasteiger charge is 2.27. The summed E-state index contributed by atoms with van der Waals surface area (Å²) in [7, 11) is 0. The number of hydrogen-bond acceptors (Lipinski definition) is 3. The molecule has 0 radical (unpaired) electrons. The molecule has 2 unspecified atom stereocenters. The topological polar surface area (TPSA) is 30.5 Å². The van der Waals surface area contributed by atoms with Crippen LogP contribution < -0.4 is 10.1 Å². The van der Waals surface area contributed by atoms with Crippen molar-refractivity contribution in [3.05, 3.63) is 114 Å². The molecule has 1 fully saturated rings. The van der Waals surface area contributed by atoms with Gasteiger partial charge < -0.3 is 14.8 Å². The van der Waals surface area contributed by atoms with Gasteiger partial charge in [0.2, 0.25) is 0 Å². The minimum absolute atomic E-state index is 0.0458. The lowest BCUT2D eigenvalue weighted by molar-refractivity contribution is 0.0106. The van der Waals surface area contributed by atoms with Crippen LogP contribution in [-0.2, 0) is 18.0 Å². The minimum Gasteiger partial charge on any atom is -0.488 e. The fraction of sp³-hybridized carbons (Fsp3) is 0.241. The molecule has 3 nitrogen and oxygen atoms in total. The van der Waals surface area contributed by atoms with Gasteiger partial charge in [-0.15, -0.1) is 0 Å². The van der Waals surface area contributed by atoms with Crippen LogP contribution in [-0.4, -0.2) is 19.2 Å². The Morgan fingerprint density at radius 1 is 0.818 bits per heavy atom. The van der Waals surface area contributed by atoms with E-state index in [0.29, 0.717) is 13.2 Å². The van der Waals surface area contributed by atoms with E-state index in [9.17, 15) is 4.39 Å². The molecule has 1 aliphatic heterocycles. The van der Waals surface area contributed by atoms with Gasteiger partial charge in [-0.1, -0.05) is 66.7 Å². The molecule has 4 heteroatoms. The zero-order chi connectivity index (χ0) is 22.5. The standard InChI is InChI=1S/C29H28FNO2/c30-25-13-11-24(12-14-25)26-15-16-31-18-29(26)33-20-22-9-10-23-7-4-8-28(27(23)17-22)32-19-21-5-2-1-3-6-21/h1-14,17,26,29,31H,15-16,18-20H2. The van der Waals surface area contributed by atoms with E-state index < -0.39 is 0 Å². The molecule has 0 aromatic heterocycles. The van der Waals surface area contributed by atoms with E-state index in [0.717, 1.165) is 52.7 Å². The number of rotatable bonds is 7. The molecular weight excluding hydrogens is 413 g/mol. The second-order valence-electron chi connectivity index (χ2n) is 8.59. The molecular formula is C29H28FNO2. The predicted molar refractivity (Wildman–Crippen MR) is 130 cm³/mol. The number of fused-ring (bicyclic) bond motifs is 1. The number of nitrogens with one attached hydrogen (secondary N) is 1. The van der Waals surface area contributed by atoms with Crippen LogP contribution in [0.5, 0.6) is 5.75 Å². The minimum atomic E-state index is -0.202. The second kappa shape index (κ2) is 10.2. The van der Waals surface area contributed by atoms with Crippen molar-refractivity contribution >= 4 is 10.8 Å². The van der Waals surface area contributed by atoms with Crippen molar-refractivity contribution in [3.8, 4) is 5.75 Å². The van der Waals surface area contributed by atoms with Gasteiger partial charge >= 0.3 is 0 Å². The summed E-state index contributed by atoms with van der Waals surface area (Å²) in [6.07, 6.45) is 1.02. The molecule has 0 bridgehead atoms. The Labute approximate surface area is 194 Å². The van der Waals surface area contributed by atoms with Crippen LogP contribution >= 0.6 is 0 Å². The van der Waals surface area contributed by atoms with E-state index in [4.69, 9.17) is 9.47 Å². The lowest BCUT2D eigenvalue weighted by Crippen LogP contribution is -2.40. The molecule has 33 heavy (non-hydrogen) atoms. The first-order chi connectivity index (χ1) is 16.3. The van der Waals surface area contributed by atoms with Gasteiger partial charge in [-0.2, -0.15) is 0 Å². The molecule has 168 valence electrons. The van der Waals surface area contributed by atoms with E-state index in [1.165, 1.54) is 12.1 Å². The Morgan fingerprint density at radius 2 is 1.67 bits per heavy atom. The maximum absolute atomic E-state index is 13.4. The summed E-state index contributed by atoms with van der Waals surface area (Å²) in [6, 6.07) is 29.6. The third kappa shape index (κ3) is 5.24. The smallest absolute Gasteiger partial charge is 0.127 e. The van der Waals surface area contributed by atoms with Crippen LogP contribution in [0.15, 0.2) is 91.0 Å². The lowest BCUT2D eigenvalue weighted by Gasteiger charge is -2.32. The highest BCUT2D eigenvalue weighted by Crippen LogP contribution is 2.30. The number of benzene rings is 4. The average molecular weight is 442 g/mol. The average Bonchev–Trinajstić information content (AvgIpc) is 2.87. The third-order valence-electron chi connectivity index (χ3n) is 6.33. The van der Waals surface area contributed by atoms with Crippen LogP contribution in [0.4, 0.5) is 4.39 Å². The summed E-state index contributed by atoms with van der Waals surface area (Å²) >= 11 is 0. The van der Waals surface area contributed by atoms with Crippen molar-refractivity contribution < 1.29 is 13.9 Å². The molecule has 2 atom stereocenters. The first-order valence-electron chi connectivity index (χ1n) is 11.5. The largest absolute Gasteiger partial charge is 0.488 e. The van der Waals surface area contributed by atoms with Crippen molar-refractivity contribution in [1.82, 2.24) is 5.32 Å². The maximum atomic E-state index is 13.4. The van der Waals surface area contributed by atoms with Crippen molar-refractivity contribution in [3.63, 3.8) is 0 Å². The molecule has 0 saturated carbocycles. The van der Waals surface area contributed by atoms with Gasteiger partial charge in [0.1, 0.15) is 18.2 Å². The van der Waals surface area contributed by atoms with Crippen LogP contribution in [0.1, 0.15) is 29.0 Å². The highest BCUT2D eigenvalue weighted by atomic mass is 19.1. The van der Waals surface area contributed by atoms with Gasteiger partial charge in [0.05, 0.1) is 12.7 Å². The van der Waals surface area contributed by atoms with E-state index in [2.05, 4.69) is 41.7 Å². The van der Waals surface area contributed by atoms with Gasteiger partial charge in [0.15, 0.2) is 0 Å². The molecule has 0 aliphatic carbocycles. The van der Waals surface area contributed by atoms with Gasteiger partial charge in [0.25, 0.3) is 0 Å². The summed E-state index contributed by atoms with van der Waals surface area (Å²) in [4.78, 5) is 0. The molecule has 1 aliphatic rings. The Morgan fingerprint density at radius 3 is 2.52 bits per heavy atom. The van der Waals surface area contributed by atoms with E-state index in [1.807, 2.05) is 42.5 Å². The molecule has 0 amide bonds. The Balaban J connectivity index is 1.30. The predicted octanol–water partition coefficient (Wildman–Crippen LogP) is 6.22. The maximum Gasteiger partial charge on any atom is 0.127 e. The number of hydrogen-bond donors (Lipinski definition) is 1. The number of ether oxygens (including phenoxy) is 2. The highest BCUT2D eigenvalue weighted by molar-refractivity contribution is 5.88. The van der Waals surface area contributed by atoms with Crippen LogP contribution in [0, 0.1) is 5.82 Å². The zero-order valence-corrected chi connectivity index (χ0v) is 18.5. The summed E-state index contributed by atoms with van der Waals surface area (Å²) in [6.45, 7) is 2.79. The van der Waals surface area contributed by atoms with E-state index >= 15 is 0 Å². The molecule has 1 heterocycles. The summed E-state index contributed by atoms with van der Waals surface area (Å²) in [5.41, 5.74) is 3.39. The Kier molecular flexibility index (Phi) is 6.66. The van der Waals surface area contributed by atoms with Gasteiger partial charge in [0, 0.05) is 17.8 Å². The van der Waals surface area contributed by atoms with Crippen molar-refractivity contribution in [2.24, 2.45) is 0 Å². The molecule has 1 N–H and O–H groups in total. The number of halogens is 1. The van der Waals surface area contributed by atoms with Gasteiger partial charge in [-0.05, 0) is 59.3 Å². The Hall–Kier alpha value is -3.21. The molecule has 4 aromatic rings. The molecule has 5 rings (SSSR count). The van der Waals surface area contributed by atoms with Crippen molar-refractivity contribution in [2.45, 2.75) is 31.7 Å². The summed E-state index contributed by atoms with van der Waals surface area (Å²) in [5.74, 6) is 0.936. The van der Waals surface area contributed by atoms with E-state index in [1.54, 1.807) is 0 Å². The van der Waals surface area contributed by atoms with Gasteiger partial charge in [-0.25, -0.2) is 4.39 Å². The van der Waals surface area contributed by atoms with E-state index in [-0.39, 0.29) is 17.8 Å². The first-order valence-corrected chi connectivity index (χ1v) is 11.5. The fourth-order valence-electron chi connectivity index (χ4n) is 4.54. The monoisotopic (exact) mass is 441 g/mol. The quantitative estimate of drug-likeness (QED) is 0.369. The van der Waals surface area contributed by atoms with Crippen molar-refractivity contribution in [1.29, 1.82) is 0 Å². The van der Waals surface area contributed by atoms with Crippen LogP contribution in [0.3, 0.4) is 0 Å². The molecule has 4 aromatic carbocycles. The molecule has 0 spiro atoms. The Bertz CT molecular complexity index is 1190. The molecule has 1 saturated heterocycles. The lowest BCUT2D eigenvalue weighted by atomic mass is 9.88. The SMILES string of the molecule is Fc1ccc(C2CCNCC2OCc2ccc3cccc(OCc4ccccc4)c3c2)cc1. The fourth-order valence-corrected chi connectivity index (χ4v) is 4.54. The first kappa shape index (κ1) is 21.6. The summed E-state index contributed by atoms with van der Waals surface area (Å²) in [5, 5.41) is 5.67. The normalized spacial score (nSPS) is 18.3. The zero-order valence-electron chi connectivity index (χ0n) is 18.5. The van der Waals surface area contributed by atoms with Crippen molar-refractivity contribution in [2.75, 3.05) is 13.1 Å².